The molecule has 7 nitrogen and oxygen atoms in total. The highest BCUT2D eigenvalue weighted by Gasteiger charge is 2.28. The van der Waals surface area contributed by atoms with Crippen LogP contribution in [0.25, 0.3) is 11.0 Å². The fraction of sp³-hybridized carbons (Fsp3) is 0.333. The first-order chi connectivity index (χ1) is 13.9. The second-order valence-corrected chi connectivity index (χ2v) is 7.37. The molecule has 3 aromatic rings. The van der Waals surface area contributed by atoms with E-state index in [4.69, 9.17) is 0 Å². The Hall–Kier alpha value is -3.29. The predicted octanol–water partition coefficient (Wildman–Crippen LogP) is 2.91. The van der Waals surface area contributed by atoms with Gasteiger partial charge in [-0.3, -0.25) is 14.3 Å². The number of rotatable bonds is 3. The molecule has 0 radical (unpaired) electrons. The summed E-state index contributed by atoms with van der Waals surface area (Å²) < 4.78 is 14.8. The number of aryl methyl sites for hydroxylation is 2. The summed E-state index contributed by atoms with van der Waals surface area (Å²) in [5.74, 6) is -0.740. The molecule has 0 saturated carbocycles. The van der Waals surface area contributed by atoms with Crippen molar-refractivity contribution >= 4 is 28.5 Å². The van der Waals surface area contributed by atoms with Crippen LogP contribution in [0.5, 0.6) is 0 Å². The van der Waals surface area contributed by atoms with Crippen LogP contribution in [-0.2, 0) is 11.8 Å². The summed E-state index contributed by atoms with van der Waals surface area (Å²) in [4.78, 5) is 31.3. The molecule has 0 bridgehead atoms. The molecule has 8 heteroatoms. The standard InChI is InChI=1S/C21H22FN5O2/c1-13-18-11-17(12-23-19(18)26(2)25-13)24-20(28)14-7-9-27(10-8-14)21(29)15-3-5-16(22)6-4-15/h3-6,11-12,14H,7-10H2,1-2H3,(H,24,28). The Labute approximate surface area is 167 Å². The molecule has 0 unspecified atom stereocenters. The summed E-state index contributed by atoms with van der Waals surface area (Å²) in [6.07, 6.45) is 2.80. The van der Waals surface area contributed by atoms with Crippen molar-refractivity contribution in [2.24, 2.45) is 13.0 Å². The summed E-state index contributed by atoms with van der Waals surface area (Å²) in [6, 6.07) is 7.42. The zero-order valence-electron chi connectivity index (χ0n) is 16.4. The monoisotopic (exact) mass is 395 g/mol. The normalized spacial score (nSPS) is 14.9. The van der Waals surface area contributed by atoms with Gasteiger partial charge in [0.05, 0.1) is 17.6 Å². The van der Waals surface area contributed by atoms with Crippen LogP contribution in [0, 0.1) is 18.7 Å². The second kappa shape index (κ2) is 7.62. The van der Waals surface area contributed by atoms with Gasteiger partial charge in [0.25, 0.3) is 5.91 Å². The van der Waals surface area contributed by atoms with Gasteiger partial charge in [0.2, 0.25) is 5.91 Å². The zero-order valence-corrected chi connectivity index (χ0v) is 16.4. The van der Waals surface area contributed by atoms with Crippen LogP contribution in [0.2, 0.25) is 0 Å². The lowest BCUT2D eigenvalue weighted by molar-refractivity contribution is -0.121. The van der Waals surface area contributed by atoms with Crippen molar-refractivity contribution in [1.82, 2.24) is 19.7 Å². The number of piperidine rings is 1. The molecule has 0 atom stereocenters. The molecule has 3 heterocycles. The minimum atomic E-state index is -0.369. The number of benzene rings is 1. The average Bonchev–Trinajstić information content (AvgIpc) is 3.01. The molecule has 4 rings (SSSR count). The van der Waals surface area contributed by atoms with Crippen LogP contribution in [0.3, 0.4) is 0 Å². The van der Waals surface area contributed by atoms with E-state index in [9.17, 15) is 14.0 Å². The number of halogens is 1. The fourth-order valence-corrected chi connectivity index (χ4v) is 3.74. The van der Waals surface area contributed by atoms with Gasteiger partial charge in [-0.1, -0.05) is 0 Å². The van der Waals surface area contributed by atoms with Gasteiger partial charge in [0.15, 0.2) is 5.65 Å². The third-order valence-corrected chi connectivity index (χ3v) is 5.37. The predicted molar refractivity (Wildman–Crippen MR) is 107 cm³/mol. The van der Waals surface area contributed by atoms with E-state index in [1.165, 1.54) is 24.3 Å². The van der Waals surface area contributed by atoms with E-state index in [-0.39, 0.29) is 23.5 Å². The van der Waals surface area contributed by atoms with Gasteiger partial charge in [-0.05, 0) is 50.1 Å². The molecular weight excluding hydrogens is 373 g/mol. The van der Waals surface area contributed by atoms with Crippen LogP contribution >= 0.6 is 0 Å². The van der Waals surface area contributed by atoms with Crippen molar-refractivity contribution in [3.8, 4) is 0 Å². The molecule has 0 aliphatic carbocycles. The Morgan fingerprint density at radius 1 is 1.17 bits per heavy atom. The van der Waals surface area contributed by atoms with E-state index >= 15 is 0 Å². The van der Waals surface area contributed by atoms with Crippen molar-refractivity contribution in [1.29, 1.82) is 0 Å². The SMILES string of the molecule is Cc1nn(C)c2ncc(NC(=O)C3CCN(C(=O)c4ccc(F)cc4)CC3)cc12. The Balaban J connectivity index is 1.37. The molecule has 1 aliphatic rings. The summed E-state index contributed by atoms with van der Waals surface area (Å²) >= 11 is 0. The zero-order chi connectivity index (χ0) is 20.5. The van der Waals surface area contributed by atoms with Gasteiger partial charge < -0.3 is 10.2 Å². The molecule has 0 spiro atoms. The number of nitrogens with zero attached hydrogens (tertiary/aromatic N) is 4. The molecule has 150 valence electrons. The summed E-state index contributed by atoms with van der Waals surface area (Å²) in [6.45, 7) is 2.89. The lowest BCUT2D eigenvalue weighted by Gasteiger charge is -2.31. The Bertz CT molecular complexity index is 1070. The maximum Gasteiger partial charge on any atom is 0.253 e. The van der Waals surface area contributed by atoms with E-state index in [2.05, 4.69) is 15.4 Å². The Morgan fingerprint density at radius 3 is 2.55 bits per heavy atom. The molecule has 2 aromatic heterocycles. The van der Waals surface area contributed by atoms with Gasteiger partial charge in [0.1, 0.15) is 5.82 Å². The number of fused-ring (bicyclic) bond motifs is 1. The smallest absolute Gasteiger partial charge is 0.253 e. The Morgan fingerprint density at radius 2 is 1.86 bits per heavy atom. The molecule has 1 saturated heterocycles. The number of amides is 2. The first kappa shape index (κ1) is 19.0. The number of hydrogen-bond donors (Lipinski definition) is 1. The average molecular weight is 395 g/mol. The molecule has 29 heavy (non-hydrogen) atoms. The van der Waals surface area contributed by atoms with Crippen molar-refractivity contribution in [3.63, 3.8) is 0 Å². The summed E-state index contributed by atoms with van der Waals surface area (Å²) in [5.41, 5.74) is 2.73. The molecule has 2 amide bonds. The highest BCUT2D eigenvalue weighted by molar-refractivity contribution is 5.96. The van der Waals surface area contributed by atoms with Gasteiger partial charge in [0, 0.05) is 37.0 Å². The molecule has 1 fully saturated rings. The number of nitrogens with one attached hydrogen (secondary N) is 1. The first-order valence-corrected chi connectivity index (χ1v) is 9.57. The topological polar surface area (TPSA) is 80.1 Å². The van der Waals surface area contributed by atoms with E-state index in [0.717, 1.165) is 16.7 Å². The third-order valence-electron chi connectivity index (χ3n) is 5.37. The highest BCUT2D eigenvalue weighted by Crippen LogP contribution is 2.23. The fourth-order valence-electron chi connectivity index (χ4n) is 3.74. The Kier molecular flexibility index (Phi) is 5.00. The van der Waals surface area contributed by atoms with E-state index in [1.807, 2.05) is 20.0 Å². The number of carbonyl (C=O) groups is 2. The maximum absolute atomic E-state index is 13.0. The second-order valence-electron chi connectivity index (χ2n) is 7.37. The minimum absolute atomic E-state index is 0.0680. The first-order valence-electron chi connectivity index (χ1n) is 9.57. The number of pyridine rings is 1. The molecule has 1 aromatic carbocycles. The summed E-state index contributed by atoms with van der Waals surface area (Å²) in [5, 5.41) is 8.18. The molecular formula is C21H22FN5O2. The molecule has 1 aliphatic heterocycles. The van der Waals surface area contributed by atoms with Gasteiger partial charge in [-0.25, -0.2) is 9.37 Å². The molecule has 1 N–H and O–H groups in total. The number of aromatic nitrogens is 3. The van der Waals surface area contributed by atoms with Crippen LogP contribution in [-0.4, -0.2) is 44.6 Å². The van der Waals surface area contributed by atoms with Crippen molar-refractivity contribution < 1.29 is 14.0 Å². The van der Waals surface area contributed by atoms with Crippen LogP contribution in [0.15, 0.2) is 36.5 Å². The van der Waals surface area contributed by atoms with Gasteiger partial charge in [-0.2, -0.15) is 5.10 Å². The number of anilines is 1. The lowest BCUT2D eigenvalue weighted by Crippen LogP contribution is -2.41. The quantitative estimate of drug-likeness (QED) is 0.740. The van der Waals surface area contributed by atoms with Crippen molar-refractivity contribution in [3.05, 3.63) is 53.6 Å². The lowest BCUT2D eigenvalue weighted by atomic mass is 9.95. The maximum atomic E-state index is 13.0. The minimum Gasteiger partial charge on any atom is -0.339 e. The largest absolute Gasteiger partial charge is 0.339 e. The van der Waals surface area contributed by atoms with E-state index < -0.39 is 0 Å². The van der Waals surface area contributed by atoms with Crippen molar-refractivity contribution in [2.75, 3.05) is 18.4 Å². The highest BCUT2D eigenvalue weighted by atomic mass is 19.1. The van der Waals surface area contributed by atoms with Crippen LogP contribution in [0.4, 0.5) is 10.1 Å². The number of hydrogen-bond acceptors (Lipinski definition) is 4. The van der Waals surface area contributed by atoms with Crippen LogP contribution in [0.1, 0.15) is 28.9 Å². The van der Waals surface area contributed by atoms with Crippen molar-refractivity contribution in [2.45, 2.75) is 19.8 Å². The van der Waals surface area contributed by atoms with Gasteiger partial charge in [-0.15, -0.1) is 0 Å². The third kappa shape index (κ3) is 3.83. The van der Waals surface area contributed by atoms with E-state index in [1.54, 1.807) is 15.8 Å². The van der Waals surface area contributed by atoms with Gasteiger partial charge >= 0.3 is 0 Å². The van der Waals surface area contributed by atoms with E-state index in [0.29, 0.717) is 37.2 Å². The number of likely N-dealkylation sites (tertiary alicyclic amines) is 1. The van der Waals surface area contributed by atoms with Crippen LogP contribution < -0.4 is 5.32 Å². The summed E-state index contributed by atoms with van der Waals surface area (Å²) in [7, 11) is 1.83. The number of carbonyl (C=O) groups excluding carboxylic acids is 2.